The zero-order chi connectivity index (χ0) is 22.1. The van der Waals surface area contributed by atoms with Gasteiger partial charge in [0, 0.05) is 54.5 Å². The van der Waals surface area contributed by atoms with Gasteiger partial charge in [-0.25, -0.2) is 0 Å². The Labute approximate surface area is 193 Å². The van der Waals surface area contributed by atoms with Crippen LogP contribution >= 0.6 is 11.6 Å². The molecule has 1 fully saturated rings. The average molecular weight is 446 g/mol. The molecule has 1 aromatic carbocycles. The number of anilines is 1. The van der Waals surface area contributed by atoms with Crippen LogP contribution in [0.5, 0.6) is 0 Å². The van der Waals surface area contributed by atoms with E-state index in [1.807, 2.05) is 18.3 Å². The van der Waals surface area contributed by atoms with Crippen molar-refractivity contribution in [2.75, 3.05) is 63.8 Å². The van der Waals surface area contributed by atoms with Crippen molar-refractivity contribution in [2.24, 2.45) is 0 Å². The van der Waals surface area contributed by atoms with Crippen molar-refractivity contribution in [1.29, 1.82) is 0 Å². The third-order valence-electron chi connectivity index (χ3n) is 6.54. The van der Waals surface area contributed by atoms with E-state index < -0.39 is 0 Å². The van der Waals surface area contributed by atoms with Gasteiger partial charge in [0.2, 0.25) is 0 Å². The SMILES string of the molecule is CCN(CC)CCCC(C)NCCCN1CCN(c2ccnc3cc(Cl)ccc23)CC1. The molecule has 6 heteroatoms. The monoisotopic (exact) mass is 445 g/mol. The van der Waals surface area contributed by atoms with Crippen LogP contribution in [-0.4, -0.2) is 79.7 Å². The molecule has 1 atom stereocenters. The number of fused-ring (bicyclic) bond motifs is 1. The summed E-state index contributed by atoms with van der Waals surface area (Å²) in [5, 5.41) is 5.66. The Hall–Kier alpha value is -1.40. The molecule has 0 radical (unpaired) electrons. The molecule has 0 spiro atoms. The second kappa shape index (κ2) is 12.6. The molecule has 1 aliphatic heterocycles. The maximum atomic E-state index is 6.14. The molecule has 2 aromatic rings. The summed E-state index contributed by atoms with van der Waals surface area (Å²) in [5.41, 5.74) is 2.26. The van der Waals surface area contributed by atoms with Crippen molar-refractivity contribution in [2.45, 2.75) is 46.1 Å². The topological polar surface area (TPSA) is 34.6 Å². The predicted octanol–water partition coefficient (Wildman–Crippen LogP) is 4.50. The third kappa shape index (κ3) is 7.31. The first-order valence-corrected chi connectivity index (χ1v) is 12.5. The van der Waals surface area contributed by atoms with Crippen LogP contribution in [0.3, 0.4) is 0 Å². The summed E-state index contributed by atoms with van der Waals surface area (Å²) in [4.78, 5) is 12.1. The highest BCUT2D eigenvalue weighted by Gasteiger charge is 2.18. The number of rotatable bonds is 12. The number of piperazine rings is 1. The molecule has 0 amide bonds. The number of halogens is 1. The van der Waals surface area contributed by atoms with Crippen LogP contribution in [-0.2, 0) is 0 Å². The maximum absolute atomic E-state index is 6.14. The number of aromatic nitrogens is 1. The number of pyridine rings is 1. The lowest BCUT2D eigenvalue weighted by molar-refractivity contribution is 0.252. The molecule has 0 saturated carbocycles. The zero-order valence-corrected chi connectivity index (χ0v) is 20.4. The largest absolute Gasteiger partial charge is 0.368 e. The molecule has 172 valence electrons. The van der Waals surface area contributed by atoms with E-state index >= 15 is 0 Å². The zero-order valence-electron chi connectivity index (χ0n) is 19.6. The first-order chi connectivity index (χ1) is 15.1. The standard InChI is InChI=1S/C25H40ClN5/c1-4-29(5-2)14-6-8-21(3)27-12-7-15-30-16-18-31(19-17-30)25-11-13-28-24-20-22(26)9-10-23(24)25/h9-11,13,20-21,27H,4-8,12,14-19H2,1-3H3. The molecule has 1 aromatic heterocycles. The first-order valence-electron chi connectivity index (χ1n) is 12.1. The smallest absolute Gasteiger partial charge is 0.0737 e. The molecule has 1 unspecified atom stereocenters. The lowest BCUT2D eigenvalue weighted by atomic mass is 10.1. The van der Waals surface area contributed by atoms with E-state index in [2.05, 4.69) is 57.9 Å². The second-order valence-corrected chi connectivity index (χ2v) is 9.13. The van der Waals surface area contributed by atoms with Gasteiger partial charge in [-0.2, -0.15) is 0 Å². The number of nitrogens with zero attached hydrogens (tertiary/aromatic N) is 4. The quantitative estimate of drug-likeness (QED) is 0.486. The van der Waals surface area contributed by atoms with Crippen LogP contribution in [0.2, 0.25) is 5.02 Å². The molecule has 31 heavy (non-hydrogen) atoms. The predicted molar refractivity (Wildman–Crippen MR) is 135 cm³/mol. The molecular weight excluding hydrogens is 406 g/mol. The van der Waals surface area contributed by atoms with Gasteiger partial charge < -0.3 is 15.1 Å². The van der Waals surface area contributed by atoms with E-state index in [-0.39, 0.29) is 0 Å². The Morgan fingerprint density at radius 3 is 2.61 bits per heavy atom. The summed E-state index contributed by atoms with van der Waals surface area (Å²) in [6, 6.07) is 8.76. The van der Waals surface area contributed by atoms with Crippen molar-refractivity contribution in [1.82, 2.24) is 20.1 Å². The van der Waals surface area contributed by atoms with Crippen molar-refractivity contribution in [3.05, 3.63) is 35.5 Å². The van der Waals surface area contributed by atoms with Gasteiger partial charge in [-0.15, -0.1) is 0 Å². The Morgan fingerprint density at radius 2 is 1.87 bits per heavy atom. The van der Waals surface area contributed by atoms with Crippen molar-refractivity contribution in [3.63, 3.8) is 0 Å². The Balaban J connectivity index is 1.34. The van der Waals surface area contributed by atoms with Crippen LogP contribution in [0, 0.1) is 0 Å². The van der Waals surface area contributed by atoms with Gasteiger partial charge in [0.1, 0.15) is 0 Å². The van der Waals surface area contributed by atoms with E-state index in [9.17, 15) is 0 Å². The summed E-state index contributed by atoms with van der Waals surface area (Å²) in [7, 11) is 0. The number of hydrogen-bond donors (Lipinski definition) is 1. The molecule has 1 N–H and O–H groups in total. The van der Waals surface area contributed by atoms with Crippen LogP contribution in [0.15, 0.2) is 30.5 Å². The van der Waals surface area contributed by atoms with Crippen LogP contribution in [0.25, 0.3) is 10.9 Å². The third-order valence-corrected chi connectivity index (χ3v) is 6.78. The number of nitrogens with one attached hydrogen (secondary N) is 1. The van der Waals surface area contributed by atoms with Gasteiger partial charge in [0.15, 0.2) is 0 Å². The van der Waals surface area contributed by atoms with E-state index in [0.717, 1.165) is 56.4 Å². The van der Waals surface area contributed by atoms with Gasteiger partial charge in [-0.05, 0) is 83.2 Å². The molecule has 0 aliphatic carbocycles. The summed E-state index contributed by atoms with van der Waals surface area (Å²) >= 11 is 6.14. The summed E-state index contributed by atoms with van der Waals surface area (Å²) in [5.74, 6) is 0. The lowest BCUT2D eigenvalue weighted by Crippen LogP contribution is -2.47. The molecule has 1 saturated heterocycles. The second-order valence-electron chi connectivity index (χ2n) is 8.70. The summed E-state index contributed by atoms with van der Waals surface area (Å²) in [6.07, 6.45) is 5.67. The summed E-state index contributed by atoms with van der Waals surface area (Å²) in [6.45, 7) is 17.1. The van der Waals surface area contributed by atoms with Crippen molar-refractivity contribution < 1.29 is 0 Å². The molecule has 3 rings (SSSR count). The lowest BCUT2D eigenvalue weighted by Gasteiger charge is -2.36. The molecular formula is C25H40ClN5. The minimum atomic E-state index is 0.612. The molecule has 1 aliphatic rings. The van der Waals surface area contributed by atoms with E-state index in [1.165, 1.54) is 43.4 Å². The van der Waals surface area contributed by atoms with Crippen LogP contribution in [0.4, 0.5) is 5.69 Å². The van der Waals surface area contributed by atoms with E-state index in [0.29, 0.717) is 6.04 Å². The first kappa shape index (κ1) is 24.2. The van der Waals surface area contributed by atoms with E-state index in [1.54, 1.807) is 0 Å². The van der Waals surface area contributed by atoms with Gasteiger partial charge in [0.25, 0.3) is 0 Å². The highest BCUT2D eigenvalue weighted by Crippen LogP contribution is 2.28. The minimum absolute atomic E-state index is 0.612. The Morgan fingerprint density at radius 1 is 1.10 bits per heavy atom. The highest BCUT2D eigenvalue weighted by atomic mass is 35.5. The fraction of sp³-hybridized carbons (Fsp3) is 0.640. The van der Waals surface area contributed by atoms with Gasteiger partial charge >= 0.3 is 0 Å². The van der Waals surface area contributed by atoms with Gasteiger partial charge in [-0.1, -0.05) is 25.4 Å². The van der Waals surface area contributed by atoms with Gasteiger partial charge in [-0.3, -0.25) is 9.88 Å². The number of benzene rings is 1. The van der Waals surface area contributed by atoms with Crippen molar-refractivity contribution >= 4 is 28.2 Å². The molecule has 2 heterocycles. The fourth-order valence-electron chi connectivity index (χ4n) is 4.51. The Bertz CT molecular complexity index is 787. The highest BCUT2D eigenvalue weighted by molar-refractivity contribution is 6.31. The van der Waals surface area contributed by atoms with E-state index in [4.69, 9.17) is 11.6 Å². The fourth-order valence-corrected chi connectivity index (χ4v) is 4.67. The van der Waals surface area contributed by atoms with Crippen LogP contribution < -0.4 is 10.2 Å². The molecule has 5 nitrogen and oxygen atoms in total. The number of hydrogen-bond acceptors (Lipinski definition) is 5. The normalized spacial score (nSPS) is 16.4. The Kier molecular flexibility index (Phi) is 9.85. The average Bonchev–Trinajstić information content (AvgIpc) is 2.79. The maximum Gasteiger partial charge on any atom is 0.0737 e. The molecule has 0 bridgehead atoms. The minimum Gasteiger partial charge on any atom is -0.368 e. The van der Waals surface area contributed by atoms with Crippen LogP contribution in [0.1, 0.15) is 40.0 Å². The van der Waals surface area contributed by atoms with Crippen molar-refractivity contribution in [3.8, 4) is 0 Å². The van der Waals surface area contributed by atoms with Gasteiger partial charge in [0.05, 0.1) is 5.52 Å². The summed E-state index contributed by atoms with van der Waals surface area (Å²) < 4.78 is 0.